The Morgan fingerprint density at radius 2 is 2.00 bits per heavy atom. The molecule has 0 aliphatic heterocycles. The van der Waals surface area contributed by atoms with E-state index < -0.39 is 12.6 Å². The zero-order chi connectivity index (χ0) is 8.20. The molecule has 0 saturated heterocycles. The topological polar surface area (TPSA) is 0 Å². The molecule has 3 heteroatoms. The minimum absolute atomic E-state index is 0.336. The molecular formula is C7H10F3. The van der Waals surface area contributed by atoms with Crippen molar-refractivity contribution in [1.29, 1.82) is 0 Å². The summed E-state index contributed by atoms with van der Waals surface area (Å²) in [6.45, 7) is 4.87. The van der Waals surface area contributed by atoms with E-state index in [1.54, 1.807) is 0 Å². The molecule has 0 amide bonds. The molecule has 0 nitrogen and oxygen atoms in total. The molecule has 0 atom stereocenters. The third-order valence-corrected chi connectivity index (χ3v) is 0.972. The summed E-state index contributed by atoms with van der Waals surface area (Å²) in [6.07, 6.45) is -2.99. The van der Waals surface area contributed by atoms with Gasteiger partial charge >= 0.3 is 6.18 Å². The van der Waals surface area contributed by atoms with Gasteiger partial charge in [-0.25, -0.2) is 0 Å². The van der Waals surface area contributed by atoms with Gasteiger partial charge in [-0.05, 0) is 20.3 Å². The lowest BCUT2D eigenvalue weighted by molar-refractivity contribution is -0.127. The number of rotatable bonds is 2. The van der Waals surface area contributed by atoms with Gasteiger partial charge in [0.1, 0.15) is 0 Å². The first kappa shape index (κ1) is 9.53. The Morgan fingerprint density at radius 3 is 2.30 bits per heavy atom. The Hall–Kier alpha value is -0.470. The molecule has 0 rings (SSSR count). The molecule has 0 unspecified atom stereocenters. The molecule has 0 spiro atoms. The van der Waals surface area contributed by atoms with E-state index in [2.05, 4.69) is 6.92 Å². The number of hydrogen-bond donors (Lipinski definition) is 0. The molecule has 0 bridgehead atoms. The predicted octanol–water partition coefficient (Wildman–Crippen LogP) is 3.11. The zero-order valence-electron chi connectivity index (χ0n) is 5.83. The van der Waals surface area contributed by atoms with Crippen molar-refractivity contribution in [3.05, 3.63) is 18.6 Å². The Labute approximate surface area is 58.7 Å². The van der Waals surface area contributed by atoms with E-state index in [1.165, 1.54) is 13.0 Å². The van der Waals surface area contributed by atoms with Gasteiger partial charge in [0, 0.05) is 0 Å². The maximum absolute atomic E-state index is 11.6. The van der Waals surface area contributed by atoms with Gasteiger partial charge in [0.05, 0.1) is 6.42 Å². The van der Waals surface area contributed by atoms with Crippen molar-refractivity contribution in [2.45, 2.75) is 25.9 Å². The molecule has 59 valence electrons. The first-order valence-corrected chi connectivity index (χ1v) is 2.97. The van der Waals surface area contributed by atoms with E-state index in [0.717, 1.165) is 0 Å². The summed E-state index contributed by atoms with van der Waals surface area (Å²) < 4.78 is 34.7. The smallest absolute Gasteiger partial charge is 0.171 e. The van der Waals surface area contributed by atoms with E-state index in [9.17, 15) is 13.2 Å². The van der Waals surface area contributed by atoms with Crippen LogP contribution in [0.4, 0.5) is 13.2 Å². The van der Waals surface area contributed by atoms with E-state index in [4.69, 9.17) is 0 Å². The van der Waals surface area contributed by atoms with Gasteiger partial charge in [0.25, 0.3) is 0 Å². The van der Waals surface area contributed by atoms with E-state index >= 15 is 0 Å². The summed E-state index contributed by atoms with van der Waals surface area (Å²) in [7, 11) is 0. The van der Waals surface area contributed by atoms with Gasteiger partial charge in [-0.1, -0.05) is 11.6 Å². The van der Waals surface area contributed by atoms with Crippen molar-refractivity contribution >= 4 is 0 Å². The molecular weight excluding hydrogens is 141 g/mol. The Kier molecular flexibility index (Phi) is 3.47. The van der Waals surface area contributed by atoms with Crippen LogP contribution in [-0.4, -0.2) is 6.18 Å². The zero-order valence-corrected chi connectivity index (χ0v) is 5.83. The molecule has 0 saturated carbocycles. The fourth-order valence-corrected chi connectivity index (χ4v) is 0.635. The fraction of sp³-hybridized carbons (Fsp3) is 0.571. The third-order valence-electron chi connectivity index (χ3n) is 0.972. The van der Waals surface area contributed by atoms with Crippen LogP contribution in [0.15, 0.2) is 11.6 Å². The molecule has 0 heterocycles. The Bertz CT molecular complexity index is 121. The second-order valence-electron chi connectivity index (χ2n) is 2.13. The highest BCUT2D eigenvalue weighted by atomic mass is 19.4. The first-order valence-electron chi connectivity index (χ1n) is 2.97. The quantitative estimate of drug-likeness (QED) is 0.532. The van der Waals surface area contributed by atoms with Crippen molar-refractivity contribution in [2.24, 2.45) is 0 Å². The van der Waals surface area contributed by atoms with Crippen LogP contribution in [-0.2, 0) is 0 Å². The van der Waals surface area contributed by atoms with Gasteiger partial charge in [-0.2, -0.15) is 13.2 Å². The molecule has 0 aromatic rings. The van der Waals surface area contributed by atoms with Crippen molar-refractivity contribution in [3.63, 3.8) is 0 Å². The minimum atomic E-state index is -4.07. The van der Waals surface area contributed by atoms with Gasteiger partial charge in [-0.15, -0.1) is 0 Å². The summed E-state index contributed by atoms with van der Waals surface area (Å²) in [4.78, 5) is 0. The number of hydrogen-bond acceptors (Lipinski definition) is 0. The van der Waals surface area contributed by atoms with Crippen molar-refractivity contribution in [2.75, 3.05) is 0 Å². The summed E-state index contributed by atoms with van der Waals surface area (Å²) >= 11 is 0. The van der Waals surface area contributed by atoms with Crippen LogP contribution in [0.5, 0.6) is 0 Å². The average molecular weight is 151 g/mol. The van der Waals surface area contributed by atoms with Crippen LogP contribution in [0.3, 0.4) is 0 Å². The van der Waals surface area contributed by atoms with E-state index in [1.807, 2.05) is 0 Å². The summed E-state index contributed by atoms with van der Waals surface area (Å²) in [5.74, 6) is 0. The van der Waals surface area contributed by atoms with Gasteiger partial charge in [0.15, 0.2) is 0 Å². The summed E-state index contributed by atoms with van der Waals surface area (Å²) in [6, 6.07) is 0. The van der Waals surface area contributed by atoms with Crippen LogP contribution in [0, 0.1) is 6.92 Å². The Morgan fingerprint density at radius 1 is 1.50 bits per heavy atom. The van der Waals surface area contributed by atoms with Gasteiger partial charge in [0.2, 0.25) is 0 Å². The maximum Gasteiger partial charge on any atom is 0.392 e. The number of halogens is 3. The molecule has 0 aliphatic carbocycles. The van der Waals surface area contributed by atoms with Gasteiger partial charge in [-0.3, -0.25) is 0 Å². The third kappa shape index (κ3) is 5.66. The highest BCUT2D eigenvalue weighted by Crippen LogP contribution is 2.23. The first-order chi connectivity index (χ1) is 4.45. The lowest BCUT2D eigenvalue weighted by Crippen LogP contribution is -2.06. The van der Waals surface area contributed by atoms with Crippen LogP contribution in [0.1, 0.15) is 19.8 Å². The lowest BCUT2D eigenvalue weighted by Gasteiger charge is -2.04. The van der Waals surface area contributed by atoms with Crippen LogP contribution < -0.4 is 0 Å². The van der Waals surface area contributed by atoms with Crippen LogP contribution in [0.2, 0.25) is 0 Å². The molecule has 1 radical (unpaired) electrons. The van der Waals surface area contributed by atoms with Gasteiger partial charge < -0.3 is 0 Å². The fourth-order valence-electron chi connectivity index (χ4n) is 0.635. The number of allylic oxidation sites excluding steroid dienone is 2. The molecule has 0 aromatic heterocycles. The van der Waals surface area contributed by atoms with Crippen LogP contribution >= 0.6 is 0 Å². The largest absolute Gasteiger partial charge is 0.392 e. The number of alkyl halides is 3. The van der Waals surface area contributed by atoms with Crippen LogP contribution in [0.25, 0.3) is 0 Å². The normalized spacial score (nSPS) is 13.9. The Balaban J connectivity index is 3.79. The lowest BCUT2D eigenvalue weighted by atomic mass is 10.2. The standard InChI is InChI=1S/C7H10F3/c1-3-4-6(2)5-7(8,9)10/h4H,1,3,5H2,2H3/b6-4+. The van der Waals surface area contributed by atoms with E-state index in [0.29, 0.717) is 12.0 Å². The maximum atomic E-state index is 11.6. The van der Waals surface area contributed by atoms with Crippen molar-refractivity contribution < 1.29 is 13.2 Å². The summed E-state index contributed by atoms with van der Waals surface area (Å²) in [5, 5.41) is 0. The predicted molar refractivity (Wildman–Crippen MR) is 34.4 cm³/mol. The minimum Gasteiger partial charge on any atom is -0.171 e. The van der Waals surface area contributed by atoms with E-state index in [-0.39, 0.29) is 0 Å². The molecule has 0 aromatic carbocycles. The molecule has 0 N–H and O–H groups in total. The molecule has 10 heavy (non-hydrogen) atoms. The monoisotopic (exact) mass is 151 g/mol. The molecule has 0 aliphatic rings. The molecule has 0 fully saturated rings. The second-order valence-corrected chi connectivity index (χ2v) is 2.13. The summed E-state index contributed by atoms with van der Waals surface area (Å²) in [5.41, 5.74) is 0.336. The van der Waals surface area contributed by atoms with Crippen molar-refractivity contribution in [1.82, 2.24) is 0 Å². The average Bonchev–Trinajstić information content (AvgIpc) is 1.59. The van der Waals surface area contributed by atoms with Crippen molar-refractivity contribution in [3.8, 4) is 0 Å². The highest BCUT2D eigenvalue weighted by Gasteiger charge is 2.26. The second kappa shape index (κ2) is 3.64. The SMILES string of the molecule is [CH2]C/C=C(\C)CC(F)(F)F. The highest BCUT2D eigenvalue weighted by molar-refractivity contribution is 4.99.